The molecule has 0 saturated carbocycles. The predicted octanol–water partition coefficient (Wildman–Crippen LogP) is 1.43. The maximum absolute atomic E-state index is 10.9. The second-order valence-corrected chi connectivity index (χ2v) is 5.49. The molecule has 0 aliphatic carbocycles. The van der Waals surface area contributed by atoms with Crippen molar-refractivity contribution >= 4 is 25.8 Å². The lowest BCUT2D eigenvalue weighted by Gasteiger charge is -1.88. The Morgan fingerprint density at radius 1 is 1.56 bits per heavy atom. The van der Waals surface area contributed by atoms with Crippen LogP contribution in [0.2, 0.25) is 0 Å². The lowest BCUT2D eigenvalue weighted by atomic mass is 10.3. The first-order chi connectivity index (χ1) is 4.04. The van der Waals surface area contributed by atoms with Gasteiger partial charge in [-0.2, -0.15) is 0 Å². The molecule has 0 aromatic rings. The maximum Gasteiger partial charge on any atom is 0.185 e. The van der Waals surface area contributed by atoms with Gasteiger partial charge < -0.3 is 0 Å². The van der Waals surface area contributed by atoms with Crippen LogP contribution in [0.3, 0.4) is 0 Å². The van der Waals surface area contributed by atoms with Crippen molar-refractivity contribution in [2.24, 2.45) is 0 Å². The summed E-state index contributed by atoms with van der Waals surface area (Å²) >= 11 is 3.02. The summed E-state index contributed by atoms with van der Waals surface area (Å²) in [7, 11) is -2.88. The third-order valence-corrected chi connectivity index (χ3v) is 5.15. The fourth-order valence-corrected chi connectivity index (χ4v) is 2.81. The Kier molecular flexibility index (Phi) is 1.69. The molecule has 1 heterocycles. The minimum absolute atomic E-state index is 0.277. The Bertz CT molecular complexity index is 250. The van der Waals surface area contributed by atoms with Crippen LogP contribution in [0, 0.1) is 0 Å². The summed E-state index contributed by atoms with van der Waals surface area (Å²) in [5.41, 5.74) is 0.940. The number of hydrogen-bond acceptors (Lipinski definition) is 2. The van der Waals surface area contributed by atoms with Crippen LogP contribution >= 0.6 is 15.9 Å². The largest absolute Gasteiger partial charge is 0.223 e. The van der Waals surface area contributed by atoms with Gasteiger partial charge in [-0.1, -0.05) is 0 Å². The average Bonchev–Trinajstić information content (AvgIpc) is 1.97. The third-order valence-electron chi connectivity index (χ3n) is 1.35. The number of sulfone groups is 1. The summed E-state index contributed by atoms with van der Waals surface area (Å²) in [6.45, 7) is 1.83. The molecule has 0 aromatic carbocycles. The van der Waals surface area contributed by atoms with E-state index >= 15 is 0 Å². The molecule has 1 aliphatic rings. The first-order valence-electron chi connectivity index (χ1n) is 2.62. The molecule has 1 aliphatic heterocycles. The van der Waals surface area contributed by atoms with Crippen molar-refractivity contribution in [3.05, 3.63) is 9.39 Å². The van der Waals surface area contributed by atoms with Crippen LogP contribution in [0.25, 0.3) is 0 Å². The highest BCUT2D eigenvalue weighted by atomic mass is 79.9. The average molecular weight is 211 g/mol. The normalized spacial score (nSPS) is 25.1. The Balaban J connectivity index is 3.17. The summed E-state index contributed by atoms with van der Waals surface area (Å²) in [6, 6.07) is 0. The van der Waals surface area contributed by atoms with Crippen molar-refractivity contribution in [3.63, 3.8) is 0 Å². The summed E-state index contributed by atoms with van der Waals surface area (Å²) in [4.78, 5) is 0. The topological polar surface area (TPSA) is 34.1 Å². The molecule has 0 spiro atoms. The number of halogens is 1. The van der Waals surface area contributed by atoms with Gasteiger partial charge in [-0.3, -0.25) is 0 Å². The van der Waals surface area contributed by atoms with E-state index in [9.17, 15) is 8.42 Å². The summed E-state index contributed by atoms with van der Waals surface area (Å²) in [5, 5.41) is 0. The summed E-state index contributed by atoms with van der Waals surface area (Å²) in [5.74, 6) is 0.277. The van der Waals surface area contributed by atoms with Crippen LogP contribution < -0.4 is 0 Å². The zero-order valence-corrected chi connectivity index (χ0v) is 7.42. The zero-order chi connectivity index (χ0) is 7.07. The molecule has 0 unspecified atom stereocenters. The maximum atomic E-state index is 10.9. The Hall–Kier alpha value is 0.170. The van der Waals surface area contributed by atoms with Crippen LogP contribution in [0.5, 0.6) is 0 Å². The minimum Gasteiger partial charge on any atom is -0.223 e. The van der Waals surface area contributed by atoms with Crippen molar-refractivity contribution < 1.29 is 8.42 Å². The quantitative estimate of drug-likeness (QED) is 0.607. The van der Waals surface area contributed by atoms with Crippen LogP contribution in [0.15, 0.2) is 9.39 Å². The second-order valence-electron chi connectivity index (χ2n) is 2.12. The van der Waals surface area contributed by atoms with Crippen LogP contribution in [0.4, 0.5) is 0 Å². The molecule has 0 aromatic heterocycles. The molecule has 0 N–H and O–H groups in total. The highest BCUT2D eigenvalue weighted by molar-refractivity contribution is 9.13. The van der Waals surface area contributed by atoms with Crippen molar-refractivity contribution in [2.45, 2.75) is 13.3 Å². The van der Waals surface area contributed by atoms with Gasteiger partial charge in [0.2, 0.25) is 0 Å². The summed E-state index contributed by atoms with van der Waals surface area (Å²) in [6.07, 6.45) is 0.683. The Morgan fingerprint density at radius 2 is 2.11 bits per heavy atom. The molecule has 0 bridgehead atoms. The number of rotatable bonds is 0. The fourth-order valence-electron chi connectivity index (χ4n) is 0.741. The van der Waals surface area contributed by atoms with E-state index in [0.717, 1.165) is 5.57 Å². The molecule has 4 heteroatoms. The van der Waals surface area contributed by atoms with Gasteiger partial charge in [0.1, 0.15) is 3.81 Å². The first kappa shape index (κ1) is 7.28. The first-order valence-corrected chi connectivity index (χ1v) is 5.06. The molecule has 0 fully saturated rings. The Morgan fingerprint density at radius 3 is 2.22 bits per heavy atom. The van der Waals surface area contributed by atoms with Gasteiger partial charge in [0.25, 0.3) is 0 Å². The van der Waals surface area contributed by atoms with Gasteiger partial charge in [-0.05, 0) is 34.8 Å². The van der Waals surface area contributed by atoms with E-state index in [0.29, 0.717) is 10.2 Å². The van der Waals surface area contributed by atoms with Crippen molar-refractivity contribution in [1.29, 1.82) is 0 Å². The van der Waals surface area contributed by atoms with Gasteiger partial charge in [0, 0.05) is 0 Å². The van der Waals surface area contributed by atoms with E-state index in [4.69, 9.17) is 0 Å². The van der Waals surface area contributed by atoms with Crippen LogP contribution in [-0.4, -0.2) is 14.2 Å². The molecule has 0 radical (unpaired) electrons. The molecule has 0 atom stereocenters. The van der Waals surface area contributed by atoms with E-state index < -0.39 is 9.84 Å². The van der Waals surface area contributed by atoms with E-state index in [2.05, 4.69) is 15.9 Å². The highest BCUT2D eigenvalue weighted by Gasteiger charge is 2.24. The number of hydrogen-bond donors (Lipinski definition) is 0. The van der Waals surface area contributed by atoms with E-state index in [1.54, 1.807) is 0 Å². The SMILES string of the molecule is CC1=C(Br)S(=O)(=O)CC1. The van der Waals surface area contributed by atoms with Gasteiger partial charge in [0.15, 0.2) is 9.84 Å². The number of allylic oxidation sites excluding steroid dienone is 1. The smallest absolute Gasteiger partial charge is 0.185 e. The van der Waals surface area contributed by atoms with Gasteiger partial charge in [-0.25, -0.2) is 8.42 Å². The minimum atomic E-state index is -2.88. The molecular weight excluding hydrogens is 204 g/mol. The lowest BCUT2D eigenvalue weighted by Crippen LogP contribution is -1.96. The molecule has 0 amide bonds. The molecule has 0 saturated heterocycles. The van der Waals surface area contributed by atoms with Gasteiger partial charge >= 0.3 is 0 Å². The third kappa shape index (κ3) is 1.19. The Labute approximate surface area is 63.0 Å². The van der Waals surface area contributed by atoms with Crippen molar-refractivity contribution in [1.82, 2.24) is 0 Å². The predicted molar refractivity (Wildman–Crippen MR) is 40.0 cm³/mol. The van der Waals surface area contributed by atoms with Crippen LogP contribution in [-0.2, 0) is 9.84 Å². The van der Waals surface area contributed by atoms with Crippen molar-refractivity contribution in [3.8, 4) is 0 Å². The summed E-state index contributed by atoms with van der Waals surface area (Å²) < 4.78 is 22.1. The monoisotopic (exact) mass is 210 g/mol. The fraction of sp³-hybridized carbons (Fsp3) is 0.600. The van der Waals surface area contributed by atoms with Crippen LogP contribution in [0.1, 0.15) is 13.3 Å². The molecule has 52 valence electrons. The molecule has 2 nitrogen and oxygen atoms in total. The van der Waals surface area contributed by atoms with E-state index in [1.807, 2.05) is 6.92 Å². The zero-order valence-electron chi connectivity index (χ0n) is 5.02. The van der Waals surface area contributed by atoms with Crippen molar-refractivity contribution in [2.75, 3.05) is 5.75 Å². The molecule has 9 heavy (non-hydrogen) atoms. The second kappa shape index (κ2) is 2.09. The van der Waals surface area contributed by atoms with Gasteiger partial charge in [-0.15, -0.1) is 0 Å². The molecular formula is C5H7BrO2S. The highest BCUT2D eigenvalue weighted by Crippen LogP contribution is 2.29. The van der Waals surface area contributed by atoms with Gasteiger partial charge in [0.05, 0.1) is 5.75 Å². The van der Waals surface area contributed by atoms with E-state index in [-0.39, 0.29) is 5.75 Å². The lowest BCUT2D eigenvalue weighted by molar-refractivity contribution is 0.606. The molecule has 1 rings (SSSR count). The van der Waals surface area contributed by atoms with E-state index in [1.165, 1.54) is 0 Å². The standard InChI is InChI=1S/C5H7BrO2S/c1-4-2-3-9(7,8)5(4)6/h2-3H2,1H3.